The predicted molar refractivity (Wildman–Crippen MR) is 102 cm³/mol. The highest BCUT2D eigenvalue weighted by Gasteiger charge is 2.38. The van der Waals surface area contributed by atoms with E-state index >= 15 is 0 Å². The van der Waals surface area contributed by atoms with Crippen molar-refractivity contribution in [2.24, 2.45) is 0 Å². The van der Waals surface area contributed by atoms with E-state index in [4.69, 9.17) is 0 Å². The first-order valence-electron chi connectivity index (χ1n) is 9.67. The van der Waals surface area contributed by atoms with Crippen LogP contribution < -0.4 is 4.90 Å². The Hall–Kier alpha value is -2.76. The lowest BCUT2D eigenvalue weighted by atomic mass is 10.00. The van der Waals surface area contributed by atoms with Gasteiger partial charge in [0, 0.05) is 24.8 Å². The number of carbonyl (C=O) groups excluding carboxylic acids is 2. The van der Waals surface area contributed by atoms with Crippen molar-refractivity contribution < 1.29 is 18.4 Å². The Balaban J connectivity index is 1.55. The number of hydrogen-bond donors (Lipinski definition) is 0. The third-order valence-electron chi connectivity index (χ3n) is 5.56. The molecule has 1 atom stereocenters. The number of rotatable bonds is 3. The molecule has 0 N–H and O–H groups in total. The largest absolute Gasteiger partial charge is 0.330 e. The molecule has 6 heteroatoms. The molecule has 28 heavy (non-hydrogen) atoms. The van der Waals surface area contributed by atoms with E-state index in [1.807, 2.05) is 30.3 Å². The number of benzene rings is 2. The van der Waals surface area contributed by atoms with Gasteiger partial charge >= 0.3 is 0 Å². The fraction of sp³-hybridized carbons (Fsp3) is 0.364. The van der Waals surface area contributed by atoms with E-state index in [2.05, 4.69) is 0 Å². The van der Waals surface area contributed by atoms with Gasteiger partial charge in [0.1, 0.15) is 6.04 Å². The fourth-order valence-electron chi connectivity index (χ4n) is 4.18. The Kier molecular flexibility index (Phi) is 5.11. The Morgan fingerprint density at radius 2 is 1.75 bits per heavy atom. The molecule has 0 saturated carbocycles. The molecule has 2 heterocycles. The van der Waals surface area contributed by atoms with Crippen molar-refractivity contribution in [3.63, 3.8) is 0 Å². The van der Waals surface area contributed by atoms with Crippen LogP contribution >= 0.6 is 0 Å². The zero-order valence-corrected chi connectivity index (χ0v) is 15.5. The van der Waals surface area contributed by atoms with E-state index in [-0.39, 0.29) is 18.2 Å². The topological polar surface area (TPSA) is 40.6 Å². The molecule has 0 unspecified atom stereocenters. The lowest BCUT2D eigenvalue weighted by Crippen LogP contribution is -2.49. The summed E-state index contributed by atoms with van der Waals surface area (Å²) in [5, 5.41) is 0. The van der Waals surface area contributed by atoms with E-state index in [1.54, 1.807) is 4.90 Å². The Morgan fingerprint density at radius 3 is 2.54 bits per heavy atom. The Bertz CT molecular complexity index is 901. The maximum Gasteiger partial charge on any atom is 0.249 e. The number of nitrogens with zero attached hydrogens (tertiary/aromatic N) is 2. The second-order valence-electron chi connectivity index (χ2n) is 7.40. The summed E-state index contributed by atoms with van der Waals surface area (Å²) >= 11 is 0. The van der Waals surface area contributed by atoms with Gasteiger partial charge in [-0.15, -0.1) is 0 Å². The highest BCUT2D eigenvalue weighted by Crippen LogP contribution is 2.32. The molecular formula is C22H22F2N2O2. The summed E-state index contributed by atoms with van der Waals surface area (Å²) in [5.41, 5.74) is 1.97. The maximum absolute atomic E-state index is 13.8. The van der Waals surface area contributed by atoms with Crippen LogP contribution in [0.15, 0.2) is 42.5 Å². The van der Waals surface area contributed by atoms with Crippen molar-refractivity contribution >= 4 is 17.5 Å². The summed E-state index contributed by atoms with van der Waals surface area (Å²) in [4.78, 5) is 29.2. The van der Waals surface area contributed by atoms with Gasteiger partial charge in [0.25, 0.3) is 0 Å². The summed E-state index contributed by atoms with van der Waals surface area (Å²) in [6.07, 6.45) is 2.90. The summed E-state index contributed by atoms with van der Waals surface area (Å²) in [7, 11) is 0. The molecule has 4 rings (SSSR count). The fourth-order valence-corrected chi connectivity index (χ4v) is 4.18. The van der Waals surface area contributed by atoms with Crippen LogP contribution in [0.25, 0.3) is 0 Å². The number of likely N-dealkylation sites (tertiary alicyclic amines) is 1. The molecule has 0 aliphatic carbocycles. The minimum atomic E-state index is -0.957. The quantitative estimate of drug-likeness (QED) is 0.813. The van der Waals surface area contributed by atoms with Crippen LogP contribution in [0.4, 0.5) is 14.5 Å². The smallest absolute Gasteiger partial charge is 0.249 e. The third-order valence-corrected chi connectivity index (χ3v) is 5.56. The molecule has 4 nitrogen and oxygen atoms in total. The van der Waals surface area contributed by atoms with Gasteiger partial charge in [-0.05, 0) is 42.9 Å². The van der Waals surface area contributed by atoms with Crippen LogP contribution in [0.3, 0.4) is 0 Å². The standard InChI is InChI=1S/C22H22F2N2O2/c23-17-13-16-8-4-11-26(20(16)14-18(17)24)22(28)19-9-5-10-25(19)21(27)12-15-6-2-1-3-7-15/h1-3,6-7,13-14,19H,4-5,8-12H2/t19-/m0/s1. The van der Waals surface area contributed by atoms with Crippen molar-refractivity contribution in [1.29, 1.82) is 0 Å². The van der Waals surface area contributed by atoms with Crippen LogP contribution in [-0.2, 0) is 22.4 Å². The molecule has 0 bridgehead atoms. The number of amides is 2. The molecular weight excluding hydrogens is 362 g/mol. The molecule has 1 fully saturated rings. The summed E-state index contributed by atoms with van der Waals surface area (Å²) in [5.74, 6) is -2.13. The molecule has 0 aromatic heterocycles. The highest BCUT2D eigenvalue weighted by molar-refractivity contribution is 6.00. The Morgan fingerprint density at radius 1 is 1.00 bits per heavy atom. The van der Waals surface area contributed by atoms with E-state index in [0.29, 0.717) is 43.6 Å². The van der Waals surface area contributed by atoms with Crippen molar-refractivity contribution in [2.75, 3.05) is 18.0 Å². The van der Waals surface area contributed by atoms with Crippen LogP contribution in [0.1, 0.15) is 30.4 Å². The predicted octanol–water partition coefficient (Wildman–Crippen LogP) is 3.48. The second kappa shape index (κ2) is 7.70. The third kappa shape index (κ3) is 3.51. The normalized spacial score (nSPS) is 18.9. The van der Waals surface area contributed by atoms with E-state index in [1.165, 1.54) is 11.0 Å². The first kappa shape index (κ1) is 18.6. The van der Waals surface area contributed by atoms with Crippen LogP contribution in [-0.4, -0.2) is 35.8 Å². The zero-order valence-electron chi connectivity index (χ0n) is 15.5. The number of hydrogen-bond acceptors (Lipinski definition) is 2. The Labute approximate surface area is 162 Å². The SMILES string of the molecule is O=C([C@@H]1CCCN1C(=O)Cc1ccccc1)N1CCCc2cc(F)c(F)cc21. The first-order chi connectivity index (χ1) is 13.5. The number of fused-ring (bicyclic) bond motifs is 1. The minimum Gasteiger partial charge on any atom is -0.330 e. The van der Waals surface area contributed by atoms with Crippen LogP contribution in [0.2, 0.25) is 0 Å². The van der Waals surface area contributed by atoms with Gasteiger partial charge in [0.2, 0.25) is 11.8 Å². The molecule has 146 valence electrons. The van der Waals surface area contributed by atoms with Gasteiger partial charge in [0.15, 0.2) is 11.6 Å². The summed E-state index contributed by atoms with van der Waals surface area (Å²) < 4.78 is 27.4. The van der Waals surface area contributed by atoms with Gasteiger partial charge in [-0.1, -0.05) is 30.3 Å². The van der Waals surface area contributed by atoms with Gasteiger partial charge in [-0.3, -0.25) is 9.59 Å². The van der Waals surface area contributed by atoms with Crippen molar-refractivity contribution in [3.8, 4) is 0 Å². The van der Waals surface area contributed by atoms with Gasteiger partial charge in [-0.2, -0.15) is 0 Å². The number of aryl methyl sites for hydroxylation is 1. The summed E-state index contributed by atoms with van der Waals surface area (Å²) in [6.45, 7) is 0.995. The molecule has 2 aliphatic rings. The average molecular weight is 384 g/mol. The van der Waals surface area contributed by atoms with Crippen molar-refractivity contribution in [2.45, 2.75) is 38.1 Å². The maximum atomic E-state index is 13.8. The first-order valence-corrected chi connectivity index (χ1v) is 9.67. The number of halogens is 2. The molecule has 1 saturated heterocycles. The molecule has 0 spiro atoms. The van der Waals surface area contributed by atoms with Gasteiger partial charge in [-0.25, -0.2) is 8.78 Å². The van der Waals surface area contributed by atoms with E-state index < -0.39 is 17.7 Å². The van der Waals surface area contributed by atoms with E-state index in [0.717, 1.165) is 18.1 Å². The molecule has 2 aliphatic heterocycles. The molecule has 2 aromatic rings. The number of carbonyl (C=O) groups is 2. The highest BCUT2D eigenvalue weighted by atomic mass is 19.2. The monoisotopic (exact) mass is 384 g/mol. The van der Waals surface area contributed by atoms with Crippen molar-refractivity contribution in [3.05, 3.63) is 65.2 Å². The average Bonchev–Trinajstić information content (AvgIpc) is 3.19. The molecule has 2 aromatic carbocycles. The lowest BCUT2D eigenvalue weighted by Gasteiger charge is -2.34. The summed E-state index contributed by atoms with van der Waals surface area (Å²) in [6, 6.07) is 11.2. The zero-order chi connectivity index (χ0) is 19.7. The van der Waals surface area contributed by atoms with E-state index in [9.17, 15) is 18.4 Å². The van der Waals surface area contributed by atoms with Crippen LogP contribution in [0, 0.1) is 11.6 Å². The molecule has 2 amide bonds. The lowest BCUT2D eigenvalue weighted by molar-refractivity contribution is -0.136. The van der Waals surface area contributed by atoms with Crippen LogP contribution in [0.5, 0.6) is 0 Å². The van der Waals surface area contributed by atoms with Gasteiger partial charge < -0.3 is 9.80 Å². The minimum absolute atomic E-state index is 0.0791. The second-order valence-corrected chi connectivity index (χ2v) is 7.40. The number of anilines is 1. The van der Waals surface area contributed by atoms with Crippen molar-refractivity contribution in [1.82, 2.24) is 4.90 Å². The van der Waals surface area contributed by atoms with Gasteiger partial charge in [0.05, 0.1) is 6.42 Å². The molecule has 0 radical (unpaired) electrons.